The van der Waals surface area contributed by atoms with E-state index >= 15 is 0 Å². The van der Waals surface area contributed by atoms with Crippen molar-refractivity contribution in [3.8, 4) is 0 Å². The Morgan fingerprint density at radius 2 is 1.77 bits per heavy atom. The number of hydrogen-bond acceptors (Lipinski definition) is 4. The van der Waals surface area contributed by atoms with Gasteiger partial charge in [-0.05, 0) is 30.7 Å². The van der Waals surface area contributed by atoms with Gasteiger partial charge in [-0.25, -0.2) is 0 Å². The van der Waals surface area contributed by atoms with Crippen LogP contribution in [0.1, 0.15) is 24.1 Å². The number of piperazine rings is 1. The molecule has 0 bridgehead atoms. The number of carbonyl (C=O) groups excluding carboxylic acids is 3. The standard InChI is InChI=1S/C23H25BrN4O3/c1-2-28-19-9-8-17(24)14-18(19)20(22(28)30)25-21(29)23(31)27-12-10-26(11-13-27)15-16-6-4-3-5-7-16/h3-9,14,20H,2,10-13,15H2,1H3,(H,25,29)/t20-/m0/s1. The topological polar surface area (TPSA) is 73.0 Å². The molecule has 2 heterocycles. The second-order valence-electron chi connectivity index (χ2n) is 7.75. The Kier molecular flexibility index (Phi) is 6.38. The molecule has 2 aromatic rings. The van der Waals surface area contributed by atoms with Crippen LogP contribution in [0.25, 0.3) is 0 Å². The summed E-state index contributed by atoms with van der Waals surface area (Å²) in [6.45, 7) is 5.59. The van der Waals surface area contributed by atoms with Crippen LogP contribution in [0, 0.1) is 0 Å². The normalized spacial score (nSPS) is 18.8. The molecule has 1 N–H and O–H groups in total. The van der Waals surface area contributed by atoms with Crippen LogP contribution in [0.15, 0.2) is 53.0 Å². The quantitative estimate of drug-likeness (QED) is 0.675. The smallest absolute Gasteiger partial charge is 0.311 e. The number of nitrogens with one attached hydrogen (secondary N) is 1. The van der Waals surface area contributed by atoms with E-state index in [1.165, 1.54) is 5.56 Å². The van der Waals surface area contributed by atoms with E-state index in [2.05, 4.69) is 38.3 Å². The first-order chi connectivity index (χ1) is 15.0. The maximum absolute atomic E-state index is 12.8. The van der Waals surface area contributed by atoms with E-state index in [-0.39, 0.29) is 5.91 Å². The van der Waals surface area contributed by atoms with Gasteiger partial charge >= 0.3 is 11.8 Å². The average molecular weight is 485 g/mol. The maximum Gasteiger partial charge on any atom is 0.311 e. The number of rotatable bonds is 4. The Morgan fingerprint density at radius 1 is 1.06 bits per heavy atom. The molecule has 0 aliphatic carbocycles. The predicted molar refractivity (Wildman–Crippen MR) is 121 cm³/mol. The summed E-state index contributed by atoms with van der Waals surface area (Å²) >= 11 is 3.42. The molecule has 3 amide bonds. The Balaban J connectivity index is 1.37. The molecule has 0 aromatic heterocycles. The molecule has 4 rings (SSSR count). The Labute approximate surface area is 190 Å². The van der Waals surface area contributed by atoms with E-state index in [1.807, 2.05) is 43.3 Å². The van der Waals surface area contributed by atoms with Crippen LogP contribution in [0.5, 0.6) is 0 Å². The molecule has 2 aliphatic heterocycles. The zero-order valence-corrected chi connectivity index (χ0v) is 19.0. The average Bonchev–Trinajstić information content (AvgIpc) is 3.04. The summed E-state index contributed by atoms with van der Waals surface area (Å²) in [6, 6.07) is 14.9. The van der Waals surface area contributed by atoms with E-state index < -0.39 is 17.9 Å². The molecule has 2 aromatic carbocycles. The lowest BCUT2D eigenvalue weighted by atomic mass is 10.1. The minimum absolute atomic E-state index is 0.218. The zero-order valence-electron chi connectivity index (χ0n) is 17.4. The highest BCUT2D eigenvalue weighted by atomic mass is 79.9. The third-order valence-corrected chi connectivity index (χ3v) is 6.29. The molecule has 1 saturated heterocycles. The van der Waals surface area contributed by atoms with Gasteiger partial charge in [0.1, 0.15) is 6.04 Å². The first kappa shape index (κ1) is 21.5. The lowest BCUT2D eigenvalue weighted by molar-refractivity contribution is -0.147. The molecular formula is C23H25BrN4O3. The fourth-order valence-electron chi connectivity index (χ4n) is 4.16. The van der Waals surface area contributed by atoms with Crippen LogP contribution in [-0.2, 0) is 20.9 Å². The molecule has 31 heavy (non-hydrogen) atoms. The van der Waals surface area contributed by atoms with E-state index in [0.717, 1.165) is 16.7 Å². The maximum atomic E-state index is 12.8. The van der Waals surface area contributed by atoms with Crippen LogP contribution in [0.3, 0.4) is 0 Å². The number of fused-ring (bicyclic) bond motifs is 1. The van der Waals surface area contributed by atoms with E-state index in [1.54, 1.807) is 9.80 Å². The Morgan fingerprint density at radius 3 is 2.45 bits per heavy atom. The highest BCUT2D eigenvalue weighted by molar-refractivity contribution is 9.10. The van der Waals surface area contributed by atoms with Crippen molar-refractivity contribution in [2.75, 3.05) is 37.6 Å². The summed E-state index contributed by atoms with van der Waals surface area (Å²) < 4.78 is 0.817. The van der Waals surface area contributed by atoms with Crippen molar-refractivity contribution in [2.24, 2.45) is 0 Å². The molecule has 0 radical (unpaired) electrons. The summed E-state index contributed by atoms with van der Waals surface area (Å²) in [7, 11) is 0. The first-order valence-corrected chi connectivity index (χ1v) is 11.2. The van der Waals surface area contributed by atoms with Crippen molar-refractivity contribution in [1.82, 2.24) is 15.1 Å². The zero-order chi connectivity index (χ0) is 22.0. The number of anilines is 1. The molecule has 1 fully saturated rings. The van der Waals surface area contributed by atoms with Gasteiger partial charge in [0.15, 0.2) is 0 Å². The van der Waals surface area contributed by atoms with Gasteiger partial charge in [-0.2, -0.15) is 0 Å². The molecule has 0 unspecified atom stereocenters. The van der Waals surface area contributed by atoms with E-state index in [4.69, 9.17) is 0 Å². The fraction of sp³-hybridized carbons (Fsp3) is 0.348. The molecule has 162 valence electrons. The van der Waals surface area contributed by atoms with Gasteiger partial charge in [-0.3, -0.25) is 19.3 Å². The van der Waals surface area contributed by atoms with E-state index in [9.17, 15) is 14.4 Å². The highest BCUT2D eigenvalue weighted by Crippen LogP contribution is 2.37. The summed E-state index contributed by atoms with van der Waals surface area (Å²) in [5.41, 5.74) is 2.70. The second-order valence-corrected chi connectivity index (χ2v) is 8.66. The van der Waals surface area contributed by atoms with Crippen molar-refractivity contribution >= 4 is 39.3 Å². The fourth-order valence-corrected chi connectivity index (χ4v) is 4.54. The van der Waals surface area contributed by atoms with Gasteiger partial charge < -0.3 is 15.1 Å². The molecule has 1 atom stereocenters. The van der Waals surface area contributed by atoms with Gasteiger partial charge in [0.25, 0.3) is 5.91 Å². The van der Waals surface area contributed by atoms with Gasteiger partial charge in [-0.15, -0.1) is 0 Å². The summed E-state index contributed by atoms with van der Waals surface area (Å²) in [4.78, 5) is 43.7. The number of nitrogens with zero attached hydrogens (tertiary/aromatic N) is 3. The van der Waals surface area contributed by atoms with Crippen molar-refractivity contribution in [3.05, 3.63) is 64.1 Å². The van der Waals surface area contributed by atoms with Gasteiger partial charge in [0, 0.05) is 55.0 Å². The van der Waals surface area contributed by atoms with Crippen LogP contribution in [-0.4, -0.2) is 60.2 Å². The predicted octanol–water partition coefficient (Wildman–Crippen LogP) is 2.32. The number of hydrogen-bond donors (Lipinski definition) is 1. The van der Waals surface area contributed by atoms with Crippen LogP contribution in [0.4, 0.5) is 5.69 Å². The summed E-state index contributed by atoms with van der Waals surface area (Å²) in [5, 5.41) is 2.67. The van der Waals surface area contributed by atoms with Crippen LogP contribution in [0.2, 0.25) is 0 Å². The first-order valence-electron chi connectivity index (χ1n) is 10.4. The van der Waals surface area contributed by atoms with Crippen LogP contribution >= 0.6 is 15.9 Å². The van der Waals surface area contributed by atoms with Crippen molar-refractivity contribution in [3.63, 3.8) is 0 Å². The summed E-state index contributed by atoms with van der Waals surface area (Å²) in [6.07, 6.45) is 0. The Hall–Kier alpha value is -2.71. The minimum atomic E-state index is -0.844. The second kappa shape index (κ2) is 9.20. The molecule has 0 saturated carbocycles. The van der Waals surface area contributed by atoms with E-state index in [0.29, 0.717) is 38.3 Å². The van der Waals surface area contributed by atoms with Gasteiger partial charge in [0.05, 0.1) is 0 Å². The Bertz CT molecular complexity index is 990. The molecular weight excluding hydrogens is 460 g/mol. The molecule has 0 spiro atoms. The largest absolute Gasteiger partial charge is 0.332 e. The highest BCUT2D eigenvalue weighted by Gasteiger charge is 2.39. The number of likely N-dealkylation sites (N-methyl/N-ethyl adjacent to an activating group) is 1. The third kappa shape index (κ3) is 4.50. The number of carbonyl (C=O) groups is 3. The number of benzene rings is 2. The molecule has 8 heteroatoms. The number of amides is 3. The lowest BCUT2D eigenvalue weighted by Crippen LogP contribution is -2.53. The van der Waals surface area contributed by atoms with Crippen molar-refractivity contribution < 1.29 is 14.4 Å². The molecule has 2 aliphatic rings. The van der Waals surface area contributed by atoms with Crippen LogP contribution < -0.4 is 10.2 Å². The molecule has 7 nitrogen and oxygen atoms in total. The van der Waals surface area contributed by atoms with Crippen molar-refractivity contribution in [1.29, 1.82) is 0 Å². The third-order valence-electron chi connectivity index (χ3n) is 5.80. The van der Waals surface area contributed by atoms with Gasteiger partial charge in [0.2, 0.25) is 0 Å². The van der Waals surface area contributed by atoms with Crippen molar-refractivity contribution in [2.45, 2.75) is 19.5 Å². The van der Waals surface area contributed by atoms with Gasteiger partial charge in [-0.1, -0.05) is 46.3 Å². The number of halogens is 1. The monoisotopic (exact) mass is 484 g/mol. The summed E-state index contributed by atoms with van der Waals surface area (Å²) in [5.74, 6) is -1.54. The lowest BCUT2D eigenvalue weighted by Gasteiger charge is -2.34. The minimum Gasteiger partial charge on any atom is -0.332 e. The SMILES string of the molecule is CCN1C(=O)[C@@H](NC(=O)C(=O)N2CCN(Cc3ccccc3)CC2)c2cc(Br)ccc21.